The summed E-state index contributed by atoms with van der Waals surface area (Å²) in [5.74, 6) is -0.437. The topological polar surface area (TPSA) is 80.3 Å². The highest BCUT2D eigenvalue weighted by Gasteiger charge is 2.38. The zero-order valence-electron chi connectivity index (χ0n) is 17.6. The molecule has 1 amide bonds. The van der Waals surface area contributed by atoms with Gasteiger partial charge in [0.25, 0.3) is 11.9 Å². The van der Waals surface area contributed by atoms with E-state index in [9.17, 15) is 9.18 Å². The highest BCUT2D eigenvalue weighted by atomic mass is 35.5. The maximum absolute atomic E-state index is 14.8. The molecule has 2 fully saturated rings. The largest absolute Gasteiger partial charge is 0.423 e. The van der Waals surface area contributed by atoms with E-state index < -0.39 is 5.82 Å². The summed E-state index contributed by atoms with van der Waals surface area (Å²) in [5.41, 5.74) is 1.76. The quantitative estimate of drug-likeness (QED) is 0.457. The zero-order chi connectivity index (χ0) is 22.5. The van der Waals surface area contributed by atoms with Gasteiger partial charge in [-0.3, -0.25) is 4.79 Å². The lowest BCUT2D eigenvalue weighted by molar-refractivity contribution is 0.0556. The Bertz CT molecular complexity index is 1330. The number of likely N-dealkylation sites (tertiary alicyclic amines) is 1. The number of oxazole rings is 1. The number of carbonyl (C=O) groups excluding carboxylic acids is 1. The second-order valence-corrected chi connectivity index (χ2v) is 9.08. The molecule has 2 aliphatic heterocycles. The van der Waals surface area contributed by atoms with Crippen LogP contribution in [0.4, 0.5) is 10.4 Å². The summed E-state index contributed by atoms with van der Waals surface area (Å²) in [6.45, 7) is 2.51. The van der Waals surface area contributed by atoms with Gasteiger partial charge in [-0.15, -0.1) is 0 Å². The van der Waals surface area contributed by atoms with E-state index in [2.05, 4.69) is 20.1 Å². The molecule has 0 N–H and O–H groups in total. The lowest BCUT2D eigenvalue weighted by Crippen LogP contribution is -2.54. The Kier molecular flexibility index (Phi) is 4.79. The summed E-state index contributed by atoms with van der Waals surface area (Å²) in [7, 11) is 0. The van der Waals surface area contributed by atoms with E-state index in [0.29, 0.717) is 48.5 Å². The van der Waals surface area contributed by atoms with E-state index in [0.717, 1.165) is 11.9 Å². The van der Waals surface area contributed by atoms with Gasteiger partial charge in [-0.05, 0) is 48.6 Å². The molecule has 2 aromatic carbocycles. The van der Waals surface area contributed by atoms with E-state index in [4.69, 9.17) is 16.0 Å². The lowest BCUT2D eigenvalue weighted by atomic mass is 9.84. The predicted octanol–water partition coefficient (Wildman–Crippen LogP) is 3.80. The summed E-state index contributed by atoms with van der Waals surface area (Å²) >= 11 is 6.07. The van der Waals surface area contributed by atoms with Crippen LogP contribution in [-0.2, 0) is 0 Å². The molecule has 4 aromatic rings. The van der Waals surface area contributed by atoms with Crippen molar-refractivity contribution in [3.8, 4) is 5.69 Å². The molecule has 2 atom stereocenters. The Morgan fingerprint density at radius 3 is 2.58 bits per heavy atom. The van der Waals surface area contributed by atoms with Crippen molar-refractivity contribution in [1.29, 1.82) is 0 Å². The van der Waals surface area contributed by atoms with Crippen molar-refractivity contribution in [2.45, 2.75) is 6.42 Å². The molecule has 6 rings (SSSR count). The molecule has 10 heteroatoms. The Morgan fingerprint density at radius 2 is 1.82 bits per heavy atom. The van der Waals surface area contributed by atoms with Gasteiger partial charge in [0.05, 0.1) is 12.4 Å². The molecular weight excluding hydrogens is 447 g/mol. The van der Waals surface area contributed by atoms with Crippen molar-refractivity contribution in [2.75, 3.05) is 31.1 Å². The maximum Gasteiger partial charge on any atom is 0.298 e. The third-order valence-electron chi connectivity index (χ3n) is 6.32. The number of carbonyl (C=O) groups is 1. The molecule has 0 saturated carbocycles. The number of hydrogen-bond acceptors (Lipinski definition) is 6. The summed E-state index contributed by atoms with van der Waals surface area (Å²) < 4.78 is 20.7. The first-order chi connectivity index (χ1) is 16.0. The van der Waals surface area contributed by atoms with Crippen LogP contribution in [0.3, 0.4) is 0 Å². The van der Waals surface area contributed by atoms with Crippen LogP contribution in [0.2, 0.25) is 5.02 Å². The highest BCUT2D eigenvalue weighted by Crippen LogP contribution is 2.34. The standard InChI is InChI=1S/C23H20ClFN6O2/c24-16-4-5-20-18(9-16)28-23(33-20)30-12-14-8-15(13-30)11-29(10-14)22(32)21-17(25)2-1-3-19(21)31-26-6-7-27-31/h1-7,9,14-15H,8,10-13H2. The predicted molar refractivity (Wildman–Crippen MR) is 120 cm³/mol. The fourth-order valence-electron chi connectivity index (χ4n) is 5.02. The maximum atomic E-state index is 14.8. The summed E-state index contributed by atoms with van der Waals surface area (Å²) in [5, 5.41) is 8.77. The van der Waals surface area contributed by atoms with E-state index in [1.54, 1.807) is 29.2 Å². The van der Waals surface area contributed by atoms with Crippen LogP contribution in [0, 0.1) is 17.7 Å². The van der Waals surface area contributed by atoms with Crippen LogP contribution in [0.1, 0.15) is 16.8 Å². The number of amides is 1. The Balaban J connectivity index is 1.24. The second kappa shape index (κ2) is 7.84. The molecule has 0 aliphatic carbocycles. The minimum Gasteiger partial charge on any atom is -0.423 e. The van der Waals surface area contributed by atoms with Crippen LogP contribution < -0.4 is 4.90 Å². The molecule has 2 aliphatic rings. The number of aromatic nitrogens is 4. The van der Waals surface area contributed by atoms with E-state index in [1.807, 2.05) is 6.07 Å². The number of rotatable bonds is 3. The molecule has 2 aromatic heterocycles. The number of benzene rings is 2. The highest BCUT2D eigenvalue weighted by molar-refractivity contribution is 6.31. The van der Waals surface area contributed by atoms with Crippen molar-refractivity contribution >= 4 is 34.6 Å². The number of halogens is 2. The van der Waals surface area contributed by atoms with Gasteiger partial charge in [-0.1, -0.05) is 17.7 Å². The SMILES string of the molecule is O=C(c1c(F)cccc1-n1nccn1)N1CC2CC(C1)CN(c1nc3cc(Cl)ccc3o1)C2. The fraction of sp³-hybridized carbons (Fsp3) is 0.304. The molecule has 8 nitrogen and oxygen atoms in total. The third kappa shape index (κ3) is 3.62. The molecule has 0 radical (unpaired) electrons. The average Bonchev–Trinajstić information content (AvgIpc) is 3.47. The van der Waals surface area contributed by atoms with Crippen molar-refractivity contribution < 1.29 is 13.6 Å². The smallest absolute Gasteiger partial charge is 0.298 e. The van der Waals surface area contributed by atoms with Gasteiger partial charge in [0.2, 0.25) is 0 Å². The number of nitrogens with zero attached hydrogens (tertiary/aromatic N) is 6. The molecule has 2 unspecified atom stereocenters. The molecule has 33 heavy (non-hydrogen) atoms. The van der Waals surface area contributed by atoms with Gasteiger partial charge in [0, 0.05) is 31.2 Å². The molecule has 4 heterocycles. The van der Waals surface area contributed by atoms with Crippen LogP contribution in [0.25, 0.3) is 16.8 Å². The van der Waals surface area contributed by atoms with E-state index >= 15 is 0 Å². The van der Waals surface area contributed by atoms with Crippen molar-refractivity contribution in [3.63, 3.8) is 0 Å². The van der Waals surface area contributed by atoms with Crippen molar-refractivity contribution in [1.82, 2.24) is 24.9 Å². The molecule has 0 spiro atoms. The van der Waals surface area contributed by atoms with Crippen molar-refractivity contribution in [2.24, 2.45) is 11.8 Å². The third-order valence-corrected chi connectivity index (χ3v) is 6.55. The average molecular weight is 467 g/mol. The molecule has 2 bridgehead atoms. The van der Waals surface area contributed by atoms with Gasteiger partial charge in [-0.25, -0.2) is 4.39 Å². The van der Waals surface area contributed by atoms with Crippen LogP contribution in [-0.4, -0.2) is 57.0 Å². The number of hydrogen-bond donors (Lipinski definition) is 0. The summed E-state index contributed by atoms with van der Waals surface area (Å²) in [6, 6.07) is 10.5. The first kappa shape index (κ1) is 20.2. The molecule has 168 valence electrons. The number of fused-ring (bicyclic) bond motifs is 3. The van der Waals surface area contributed by atoms with Crippen LogP contribution in [0.15, 0.2) is 53.2 Å². The van der Waals surface area contributed by atoms with Gasteiger partial charge >= 0.3 is 0 Å². The van der Waals surface area contributed by atoms with E-state index in [1.165, 1.54) is 23.3 Å². The van der Waals surface area contributed by atoms with Gasteiger partial charge in [0.1, 0.15) is 22.6 Å². The first-order valence-electron chi connectivity index (χ1n) is 10.8. The van der Waals surface area contributed by atoms with Gasteiger partial charge in [-0.2, -0.15) is 20.0 Å². The van der Waals surface area contributed by atoms with Crippen LogP contribution >= 0.6 is 11.6 Å². The summed E-state index contributed by atoms with van der Waals surface area (Å²) in [4.78, 5) is 23.2. The monoisotopic (exact) mass is 466 g/mol. The first-order valence-corrected chi connectivity index (χ1v) is 11.2. The molecule has 2 saturated heterocycles. The molecular formula is C23H20ClFN6O2. The Hall–Kier alpha value is -3.46. The minimum atomic E-state index is -0.572. The second-order valence-electron chi connectivity index (χ2n) is 8.64. The van der Waals surface area contributed by atoms with Crippen molar-refractivity contribution in [3.05, 3.63) is 65.2 Å². The van der Waals surface area contributed by atoms with Crippen LogP contribution in [0.5, 0.6) is 0 Å². The lowest BCUT2D eigenvalue weighted by Gasteiger charge is -2.45. The van der Waals surface area contributed by atoms with E-state index in [-0.39, 0.29) is 23.3 Å². The number of piperidine rings is 2. The minimum absolute atomic E-state index is 0.00126. The Morgan fingerprint density at radius 1 is 1.06 bits per heavy atom. The normalized spacial score (nSPS) is 20.4. The zero-order valence-corrected chi connectivity index (χ0v) is 18.3. The Labute approximate surface area is 193 Å². The van der Waals surface area contributed by atoms with Gasteiger partial charge in [0.15, 0.2) is 5.58 Å². The van der Waals surface area contributed by atoms with Gasteiger partial charge < -0.3 is 14.2 Å². The fourth-order valence-corrected chi connectivity index (χ4v) is 5.18. The number of anilines is 1. The summed E-state index contributed by atoms with van der Waals surface area (Å²) in [6.07, 6.45) is 4.01.